The molecule has 3 atom stereocenters. The van der Waals surface area contributed by atoms with E-state index in [-0.39, 0.29) is 35.5 Å². The fourth-order valence-electron chi connectivity index (χ4n) is 6.21. The summed E-state index contributed by atoms with van der Waals surface area (Å²) in [5, 5.41) is 5.30. The number of Topliss-reactive ketones (excluding diaryl/α,β-unsaturated/α-hetero) is 2. The molecule has 0 unspecified atom stereocenters. The summed E-state index contributed by atoms with van der Waals surface area (Å²) in [4.78, 5) is 54.3. The fraction of sp³-hybridized carbons (Fsp3) is 0.387. The van der Waals surface area contributed by atoms with Crippen LogP contribution in [0, 0.1) is 19.3 Å². The molecule has 4 heterocycles. The van der Waals surface area contributed by atoms with Gasteiger partial charge in [0.25, 0.3) is 0 Å². The van der Waals surface area contributed by atoms with Crippen LogP contribution in [-0.2, 0) is 22.6 Å². The number of carbonyl (C=O) groups is 3. The molecule has 0 radical (unpaired) electrons. The minimum Gasteiger partial charge on any atom is -0.327 e. The zero-order chi connectivity index (χ0) is 28.2. The number of aryl methyl sites for hydroxylation is 3. The van der Waals surface area contributed by atoms with Crippen LogP contribution in [0.1, 0.15) is 60.5 Å². The van der Waals surface area contributed by atoms with Crippen molar-refractivity contribution in [3.63, 3.8) is 0 Å². The Bertz CT molecular complexity index is 1650. The molecule has 3 aromatic heterocycles. The first kappa shape index (κ1) is 26.0. The predicted octanol–water partition coefficient (Wildman–Crippen LogP) is 4.29. The van der Waals surface area contributed by atoms with Gasteiger partial charge in [-0.3, -0.25) is 24.0 Å². The monoisotopic (exact) mass is 536 g/mol. The highest BCUT2D eigenvalue weighted by molar-refractivity contribution is 6.07. The lowest BCUT2D eigenvalue weighted by atomic mass is 9.96. The van der Waals surface area contributed by atoms with E-state index in [1.54, 1.807) is 34.4 Å². The maximum absolute atomic E-state index is 13.8. The summed E-state index contributed by atoms with van der Waals surface area (Å²) in [6.45, 7) is 7.39. The molecule has 2 fully saturated rings. The SMILES string of the molecule is CC(=O)c1nn(CC(=O)N2[C@H](C(=O)CCc3cccnc3)C[C@@]3(C)C[C@@H]23)c2c(C)cc(-c3cnc(C)nc3)cc12. The zero-order valence-electron chi connectivity index (χ0n) is 23.2. The lowest BCUT2D eigenvalue weighted by Gasteiger charge is -2.27. The highest BCUT2D eigenvalue weighted by Crippen LogP contribution is 2.59. The van der Waals surface area contributed by atoms with Gasteiger partial charge in [-0.1, -0.05) is 13.0 Å². The quantitative estimate of drug-likeness (QED) is 0.309. The van der Waals surface area contributed by atoms with Crippen LogP contribution >= 0.6 is 0 Å². The van der Waals surface area contributed by atoms with Crippen molar-refractivity contribution in [1.29, 1.82) is 0 Å². The Kier molecular flexibility index (Phi) is 6.32. The number of carbonyl (C=O) groups excluding carboxylic acids is 3. The molecule has 0 bridgehead atoms. The van der Waals surface area contributed by atoms with Crippen molar-refractivity contribution < 1.29 is 14.4 Å². The van der Waals surface area contributed by atoms with Crippen molar-refractivity contribution >= 4 is 28.4 Å². The van der Waals surface area contributed by atoms with Crippen LogP contribution in [0.25, 0.3) is 22.0 Å². The number of ketones is 2. The van der Waals surface area contributed by atoms with Gasteiger partial charge in [0.1, 0.15) is 18.1 Å². The first-order chi connectivity index (χ1) is 19.1. The molecule has 0 spiro atoms. The number of hydrogen-bond acceptors (Lipinski definition) is 7. The number of rotatable bonds is 8. The number of fused-ring (bicyclic) bond motifs is 2. The Morgan fingerprint density at radius 1 is 1.05 bits per heavy atom. The van der Waals surface area contributed by atoms with Gasteiger partial charge in [0, 0.05) is 55.1 Å². The summed E-state index contributed by atoms with van der Waals surface area (Å²) in [7, 11) is 0. The molecule has 4 aromatic rings. The number of likely N-dealkylation sites (tertiary alicyclic amines) is 1. The second-order valence-corrected chi connectivity index (χ2v) is 11.5. The van der Waals surface area contributed by atoms with E-state index >= 15 is 0 Å². The molecule has 9 heteroatoms. The molecule has 9 nitrogen and oxygen atoms in total. The Morgan fingerprint density at radius 3 is 2.52 bits per heavy atom. The summed E-state index contributed by atoms with van der Waals surface area (Å²) in [6.07, 6.45) is 9.58. The third kappa shape index (κ3) is 4.59. The second-order valence-electron chi connectivity index (χ2n) is 11.5. The Balaban J connectivity index is 1.29. The van der Waals surface area contributed by atoms with Crippen molar-refractivity contribution in [2.24, 2.45) is 5.41 Å². The summed E-state index contributed by atoms with van der Waals surface area (Å²) in [6, 6.07) is 7.38. The van der Waals surface area contributed by atoms with Gasteiger partial charge in [-0.05, 0) is 73.4 Å². The van der Waals surface area contributed by atoms with Gasteiger partial charge < -0.3 is 4.90 Å². The van der Waals surface area contributed by atoms with Crippen molar-refractivity contribution in [3.05, 3.63) is 71.7 Å². The van der Waals surface area contributed by atoms with Crippen LogP contribution in [0.4, 0.5) is 0 Å². The highest BCUT2D eigenvalue weighted by atomic mass is 16.2. The van der Waals surface area contributed by atoms with Gasteiger partial charge in [0.15, 0.2) is 11.6 Å². The third-order valence-electron chi connectivity index (χ3n) is 8.44. The Hall–Kier alpha value is -4.27. The average molecular weight is 537 g/mol. The summed E-state index contributed by atoms with van der Waals surface area (Å²) >= 11 is 0. The smallest absolute Gasteiger partial charge is 0.245 e. The average Bonchev–Trinajstić information content (AvgIpc) is 3.29. The van der Waals surface area contributed by atoms with Gasteiger partial charge in [0.05, 0.1) is 11.6 Å². The number of piperidine rings is 1. The van der Waals surface area contributed by atoms with Crippen LogP contribution in [0.3, 0.4) is 0 Å². The third-order valence-corrected chi connectivity index (χ3v) is 8.44. The maximum atomic E-state index is 13.8. The molecule has 40 heavy (non-hydrogen) atoms. The lowest BCUT2D eigenvalue weighted by Crippen LogP contribution is -2.44. The highest BCUT2D eigenvalue weighted by Gasteiger charge is 2.64. The maximum Gasteiger partial charge on any atom is 0.245 e. The van der Waals surface area contributed by atoms with Gasteiger partial charge >= 0.3 is 0 Å². The van der Waals surface area contributed by atoms with E-state index in [1.807, 2.05) is 38.1 Å². The van der Waals surface area contributed by atoms with Crippen LogP contribution in [0.5, 0.6) is 0 Å². The van der Waals surface area contributed by atoms with E-state index in [9.17, 15) is 14.4 Å². The molecule has 1 aromatic carbocycles. The largest absolute Gasteiger partial charge is 0.327 e. The number of hydrogen-bond donors (Lipinski definition) is 0. The minimum absolute atomic E-state index is 0.0120. The molecule has 1 aliphatic carbocycles. The van der Waals surface area contributed by atoms with E-state index in [0.717, 1.165) is 34.2 Å². The van der Waals surface area contributed by atoms with Gasteiger partial charge in [-0.15, -0.1) is 0 Å². The summed E-state index contributed by atoms with van der Waals surface area (Å²) in [5.41, 5.74) is 4.67. The molecule has 1 amide bonds. The number of amides is 1. The van der Waals surface area contributed by atoms with Gasteiger partial charge in [-0.2, -0.15) is 5.10 Å². The normalized spacial score (nSPS) is 21.4. The summed E-state index contributed by atoms with van der Waals surface area (Å²) in [5.74, 6) is 0.453. The molecular weight excluding hydrogens is 504 g/mol. The number of aromatic nitrogens is 5. The number of nitrogens with zero attached hydrogens (tertiary/aromatic N) is 6. The first-order valence-corrected chi connectivity index (χ1v) is 13.7. The lowest BCUT2D eigenvalue weighted by molar-refractivity contribution is -0.139. The number of benzene rings is 1. The molecule has 1 saturated heterocycles. The van der Waals surface area contributed by atoms with E-state index in [0.29, 0.717) is 36.2 Å². The predicted molar refractivity (Wildman–Crippen MR) is 150 cm³/mol. The minimum atomic E-state index is -0.434. The van der Waals surface area contributed by atoms with Crippen LogP contribution in [-0.4, -0.2) is 59.2 Å². The molecule has 1 saturated carbocycles. The standard InChI is InChI=1S/C31H32N6O3/c1-18-10-22(23-15-33-20(3)34-16-23)11-24-29(19(2)38)35-36(30(18)24)17-28(40)37-25(12-31(4)13-27(31)37)26(39)8-7-21-6-5-9-32-14-21/h5-6,9-11,14-16,25,27H,7-8,12-13,17H2,1-4H3/t25-,27+,31-/m0/s1. The molecule has 204 valence electrons. The van der Waals surface area contributed by atoms with Crippen molar-refractivity contribution in [2.75, 3.05) is 0 Å². The van der Waals surface area contributed by atoms with E-state index < -0.39 is 6.04 Å². The summed E-state index contributed by atoms with van der Waals surface area (Å²) < 4.78 is 1.63. The number of pyridine rings is 1. The molecule has 2 aliphatic rings. The van der Waals surface area contributed by atoms with Gasteiger partial charge in [0.2, 0.25) is 5.91 Å². The van der Waals surface area contributed by atoms with Crippen molar-refractivity contribution in [3.8, 4) is 11.1 Å². The zero-order valence-corrected chi connectivity index (χ0v) is 23.2. The van der Waals surface area contributed by atoms with E-state index in [1.165, 1.54) is 6.92 Å². The van der Waals surface area contributed by atoms with Crippen LogP contribution in [0.15, 0.2) is 49.1 Å². The molecule has 1 aliphatic heterocycles. The van der Waals surface area contributed by atoms with E-state index in [4.69, 9.17) is 0 Å². The van der Waals surface area contributed by atoms with Crippen molar-refractivity contribution in [2.45, 2.75) is 72.0 Å². The van der Waals surface area contributed by atoms with Crippen LogP contribution < -0.4 is 0 Å². The topological polar surface area (TPSA) is 111 Å². The van der Waals surface area contributed by atoms with Gasteiger partial charge in [-0.25, -0.2) is 9.97 Å². The van der Waals surface area contributed by atoms with Crippen LogP contribution in [0.2, 0.25) is 0 Å². The Labute approximate surface area is 232 Å². The Morgan fingerprint density at radius 2 is 1.82 bits per heavy atom. The molecule has 6 rings (SSSR count). The van der Waals surface area contributed by atoms with E-state index in [2.05, 4.69) is 27.0 Å². The first-order valence-electron chi connectivity index (χ1n) is 13.7. The van der Waals surface area contributed by atoms with Crippen molar-refractivity contribution in [1.82, 2.24) is 29.6 Å². The second kappa shape index (κ2) is 9.73. The molecule has 0 N–H and O–H groups in total. The fourth-order valence-corrected chi connectivity index (χ4v) is 6.21. The molecular formula is C31H32N6O3.